The third-order valence-electron chi connectivity index (χ3n) is 7.75. The summed E-state index contributed by atoms with van der Waals surface area (Å²) in [5, 5.41) is 3.28. The van der Waals surface area contributed by atoms with E-state index in [1.165, 1.54) is 11.3 Å². The molecule has 5 rings (SSSR count). The summed E-state index contributed by atoms with van der Waals surface area (Å²) in [4.78, 5) is 32.7. The summed E-state index contributed by atoms with van der Waals surface area (Å²) in [6, 6.07) is 20.2. The lowest BCUT2D eigenvalue weighted by molar-refractivity contribution is 0.0772. The third-order valence-corrected chi connectivity index (χ3v) is 8.75. The fourth-order valence-corrected chi connectivity index (χ4v) is 6.62. The summed E-state index contributed by atoms with van der Waals surface area (Å²) in [5.41, 5.74) is 4.14. The van der Waals surface area contributed by atoms with Crippen LogP contribution >= 0.6 is 11.3 Å². The van der Waals surface area contributed by atoms with Crippen molar-refractivity contribution in [2.45, 2.75) is 33.2 Å². The highest BCUT2D eigenvalue weighted by Crippen LogP contribution is 2.33. The van der Waals surface area contributed by atoms with Crippen LogP contribution in [0.4, 0.5) is 0 Å². The number of nitrogens with one attached hydrogen (secondary N) is 1. The number of nitrogens with zero attached hydrogens (tertiary/aromatic N) is 2. The molecule has 1 N–H and O–H groups in total. The van der Waals surface area contributed by atoms with E-state index < -0.39 is 0 Å². The van der Waals surface area contributed by atoms with Crippen molar-refractivity contribution in [2.75, 3.05) is 32.7 Å². The highest BCUT2D eigenvalue weighted by atomic mass is 32.1. The van der Waals surface area contributed by atoms with Gasteiger partial charge in [-0.05, 0) is 67.9 Å². The number of carbonyl (C=O) groups excluding carboxylic acids is 2. The van der Waals surface area contributed by atoms with Gasteiger partial charge in [-0.25, -0.2) is 0 Å². The zero-order chi connectivity index (χ0) is 25.2. The molecule has 2 amide bonds. The number of amides is 2. The second-order valence-corrected chi connectivity index (χ2v) is 11.7. The first-order valence-electron chi connectivity index (χ1n) is 12.9. The quantitative estimate of drug-likeness (QED) is 0.482. The Morgan fingerprint density at radius 3 is 2.17 bits per heavy atom. The molecule has 36 heavy (non-hydrogen) atoms. The molecular weight excluding hydrogens is 466 g/mol. The number of likely N-dealkylation sites (tertiary alicyclic amines) is 2. The lowest BCUT2D eigenvalue weighted by Gasteiger charge is -2.25. The van der Waals surface area contributed by atoms with E-state index in [0.29, 0.717) is 11.8 Å². The van der Waals surface area contributed by atoms with E-state index in [-0.39, 0.29) is 17.9 Å². The lowest BCUT2D eigenvalue weighted by atomic mass is 10.0. The molecule has 188 valence electrons. The minimum absolute atomic E-state index is 0.000831. The number of carbonyl (C=O) groups is 2. The molecule has 0 aliphatic carbocycles. The molecule has 0 bridgehead atoms. The maximum absolute atomic E-state index is 13.3. The zero-order valence-electron chi connectivity index (χ0n) is 21.4. The first kappa shape index (κ1) is 24.7. The molecule has 2 unspecified atom stereocenters. The smallest absolute Gasteiger partial charge is 0.261 e. The predicted molar refractivity (Wildman–Crippen MR) is 146 cm³/mol. The Morgan fingerprint density at radius 2 is 1.56 bits per heavy atom. The molecule has 6 heteroatoms. The van der Waals surface area contributed by atoms with Crippen LogP contribution in [-0.4, -0.2) is 54.3 Å². The van der Waals surface area contributed by atoms with Crippen molar-refractivity contribution in [2.24, 2.45) is 11.8 Å². The van der Waals surface area contributed by atoms with Crippen molar-refractivity contribution in [3.63, 3.8) is 0 Å². The molecule has 1 aromatic heterocycles. The Bertz CT molecular complexity index is 1200. The van der Waals surface area contributed by atoms with Gasteiger partial charge >= 0.3 is 0 Å². The van der Waals surface area contributed by atoms with E-state index >= 15 is 0 Å². The minimum Gasteiger partial charge on any atom is -0.344 e. The summed E-state index contributed by atoms with van der Waals surface area (Å²) in [6.45, 7) is 10.7. The van der Waals surface area contributed by atoms with Crippen molar-refractivity contribution in [1.29, 1.82) is 0 Å². The van der Waals surface area contributed by atoms with Crippen LogP contribution in [0.15, 0.2) is 60.7 Å². The molecule has 3 atom stereocenters. The first-order chi connectivity index (χ1) is 17.4. The fourth-order valence-electron chi connectivity index (χ4n) is 5.85. The lowest BCUT2D eigenvalue weighted by Crippen LogP contribution is -2.35. The Kier molecular flexibility index (Phi) is 7.26. The highest BCUT2D eigenvalue weighted by molar-refractivity contribution is 7.13. The van der Waals surface area contributed by atoms with Gasteiger partial charge in [0.05, 0.1) is 10.9 Å². The second kappa shape index (κ2) is 10.6. The predicted octanol–water partition coefficient (Wildman–Crippen LogP) is 5.24. The monoisotopic (exact) mass is 501 g/mol. The Labute approximate surface area is 218 Å². The molecule has 2 aromatic carbocycles. The summed E-state index contributed by atoms with van der Waals surface area (Å²) < 4.78 is 0. The van der Waals surface area contributed by atoms with Crippen LogP contribution in [0.3, 0.4) is 0 Å². The zero-order valence-corrected chi connectivity index (χ0v) is 22.2. The van der Waals surface area contributed by atoms with Crippen LogP contribution in [0, 0.1) is 32.6 Å². The van der Waals surface area contributed by atoms with Gasteiger partial charge < -0.3 is 15.1 Å². The molecule has 0 radical (unpaired) electrons. The minimum atomic E-state index is -0.0244. The number of fused-ring (bicyclic) bond motifs is 1. The number of benzene rings is 2. The van der Waals surface area contributed by atoms with E-state index in [0.717, 1.165) is 71.2 Å². The molecule has 2 aliphatic heterocycles. The van der Waals surface area contributed by atoms with E-state index in [1.54, 1.807) is 0 Å². The van der Waals surface area contributed by atoms with Crippen molar-refractivity contribution in [3.8, 4) is 0 Å². The summed E-state index contributed by atoms with van der Waals surface area (Å²) in [5.74, 6) is 1.23. The van der Waals surface area contributed by atoms with Gasteiger partial charge in [-0.1, -0.05) is 48.5 Å². The summed E-state index contributed by atoms with van der Waals surface area (Å²) in [6.07, 6.45) is 0.866. The average Bonchev–Trinajstić information content (AvgIpc) is 3.57. The largest absolute Gasteiger partial charge is 0.344 e. The van der Waals surface area contributed by atoms with E-state index in [2.05, 4.69) is 27.2 Å². The Hall–Kier alpha value is -2.96. The molecule has 2 aliphatic rings. The van der Waals surface area contributed by atoms with Gasteiger partial charge in [0.1, 0.15) is 0 Å². The molecule has 3 heterocycles. The molecule has 2 fully saturated rings. The van der Waals surface area contributed by atoms with Gasteiger partial charge in [0.15, 0.2) is 0 Å². The average molecular weight is 502 g/mol. The number of aryl methyl sites for hydroxylation is 3. The van der Waals surface area contributed by atoms with Gasteiger partial charge in [-0.3, -0.25) is 9.59 Å². The van der Waals surface area contributed by atoms with Gasteiger partial charge in [-0.15, -0.1) is 11.3 Å². The Balaban J connectivity index is 1.19. The fraction of sp³-hybridized carbons (Fsp3) is 0.400. The molecule has 2 saturated heterocycles. The molecule has 0 saturated carbocycles. The van der Waals surface area contributed by atoms with Crippen LogP contribution in [0.5, 0.6) is 0 Å². The number of thiophene rings is 1. The van der Waals surface area contributed by atoms with Crippen molar-refractivity contribution >= 4 is 23.2 Å². The maximum Gasteiger partial charge on any atom is 0.261 e. The topological polar surface area (TPSA) is 52.7 Å². The van der Waals surface area contributed by atoms with Crippen LogP contribution in [0.2, 0.25) is 0 Å². The Morgan fingerprint density at radius 1 is 0.889 bits per heavy atom. The van der Waals surface area contributed by atoms with E-state index in [9.17, 15) is 9.59 Å². The van der Waals surface area contributed by atoms with Gasteiger partial charge in [0.25, 0.3) is 11.8 Å². The summed E-state index contributed by atoms with van der Waals surface area (Å²) in [7, 11) is 0. The van der Waals surface area contributed by atoms with Crippen LogP contribution < -0.4 is 5.32 Å². The number of rotatable bonds is 7. The molecular formula is C30H35N3O2S. The molecule has 3 aromatic rings. The van der Waals surface area contributed by atoms with E-state index in [4.69, 9.17) is 0 Å². The first-order valence-corrected chi connectivity index (χ1v) is 13.7. The highest BCUT2D eigenvalue weighted by Gasteiger charge is 2.42. The number of hydrogen-bond acceptors (Lipinski definition) is 4. The normalized spacial score (nSPS) is 20.4. The number of hydrogen-bond donors (Lipinski definition) is 1. The van der Waals surface area contributed by atoms with Crippen LogP contribution in [-0.2, 0) is 0 Å². The third kappa shape index (κ3) is 5.25. The maximum atomic E-state index is 13.3. The van der Waals surface area contributed by atoms with Crippen molar-refractivity contribution in [3.05, 3.63) is 92.7 Å². The van der Waals surface area contributed by atoms with Crippen molar-refractivity contribution < 1.29 is 9.59 Å². The van der Waals surface area contributed by atoms with Crippen LogP contribution in [0.1, 0.15) is 54.1 Å². The standard InChI is InChI=1S/C30H35N3O2S/c1-20-8-7-9-21(2)28(20)30(35)33-18-24-16-32(17-25(24)19-33)15-14-26(23-10-5-4-6-11-23)31-29(34)27-13-12-22(3)36-27/h4-13,24-26H,14-19H2,1-3H3,(H,31,34)/t24?,25?,26-/m0/s1. The second-order valence-electron chi connectivity index (χ2n) is 10.4. The van der Waals surface area contributed by atoms with Gasteiger partial charge in [0.2, 0.25) is 0 Å². The van der Waals surface area contributed by atoms with Crippen LogP contribution in [0.25, 0.3) is 0 Å². The SMILES string of the molecule is Cc1ccc(C(=O)N[C@@H](CCN2CC3CN(C(=O)c4c(C)cccc4C)CC3C2)c2ccccc2)s1. The van der Waals surface area contributed by atoms with Gasteiger partial charge in [0, 0.05) is 43.2 Å². The summed E-state index contributed by atoms with van der Waals surface area (Å²) >= 11 is 1.54. The molecule has 0 spiro atoms. The van der Waals surface area contributed by atoms with Crippen molar-refractivity contribution in [1.82, 2.24) is 15.1 Å². The van der Waals surface area contributed by atoms with Gasteiger partial charge in [-0.2, -0.15) is 0 Å². The van der Waals surface area contributed by atoms with E-state index in [1.807, 2.05) is 69.3 Å². The molecule has 5 nitrogen and oxygen atoms in total.